The third kappa shape index (κ3) is 4.91. The molecule has 2 aromatic rings. The average molecular weight is 288 g/mol. The summed E-state index contributed by atoms with van der Waals surface area (Å²) in [5, 5.41) is 9.36. The van der Waals surface area contributed by atoms with Crippen LogP contribution in [0.5, 0.6) is 5.75 Å². The number of carbonyl (C=O) groups is 1. The highest BCUT2D eigenvalue weighted by Gasteiger charge is 2.09. The van der Waals surface area contributed by atoms with Gasteiger partial charge in [0.2, 0.25) is 5.91 Å². The minimum absolute atomic E-state index is 0.0769. The van der Waals surface area contributed by atoms with Gasteiger partial charge in [0.25, 0.3) is 0 Å². The molecule has 0 saturated carbocycles. The minimum atomic E-state index is -0.0769. The van der Waals surface area contributed by atoms with E-state index >= 15 is 0 Å². The summed E-state index contributed by atoms with van der Waals surface area (Å²) in [7, 11) is 0. The Morgan fingerprint density at radius 3 is 2.90 bits per heavy atom. The van der Waals surface area contributed by atoms with E-state index in [1.165, 1.54) is 6.33 Å². The molecule has 1 heterocycles. The second kappa shape index (κ2) is 7.42. The number of amides is 1. The lowest BCUT2D eigenvalue weighted by molar-refractivity contribution is -0.116. The van der Waals surface area contributed by atoms with Gasteiger partial charge in [-0.25, -0.2) is 4.98 Å². The molecule has 0 aliphatic heterocycles. The fourth-order valence-corrected chi connectivity index (χ4v) is 1.75. The normalized spacial score (nSPS) is 10.6. The second-order valence-electron chi connectivity index (χ2n) is 5.18. The number of carbonyl (C=O) groups excluding carboxylic acids is 1. The Kier molecular flexibility index (Phi) is 5.31. The number of hydrogen-bond donors (Lipinski definition) is 2. The maximum absolute atomic E-state index is 12.0. The van der Waals surface area contributed by atoms with Crippen molar-refractivity contribution in [2.24, 2.45) is 5.92 Å². The van der Waals surface area contributed by atoms with E-state index < -0.39 is 0 Å². The van der Waals surface area contributed by atoms with Crippen molar-refractivity contribution >= 4 is 11.6 Å². The minimum Gasteiger partial charge on any atom is -0.491 e. The van der Waals surface area contributed by atoms with Crippen molar-refractivity contribution in [2.45, 2.75) is 26.7 Å². The van der Waals surface area contributed by atoms with Crippen LogP contribution in [0.4, 0.5) is 5.69 Å². The van der Waals surface area contributed by atoms with Crippen LogP contribution in [0.1, 0.15) is 26.1 Å². The Labute approximate surface area is 123 Å². The van der Waals surface area contributed by atoms with Gasteiger partial charge in [-0.1, -0.05) is 26.0 Å². The number of rotatable bonds is 7. The predicted molar refractivity (Wildman–Crippen MR) is 80.1 cm³/mol. The number of nitrogens with one attached hydrogen (secondary N) is 2. The zero-order valence-corrected chi connectivity index (χ0v) is 12.3. The molecule has 0 aliphatic carbocycles. The summed E-state index contributed by atoms with van der Waals surface area (Å²) in [6, 6.07) is 7.45. The molecule has 21 heavy (non-hydrogen) atoms. The Morgan fingerprint density at radius 2 is 2.19 bits per heavy atom. The number of aryl methyl sites for hydroxylation is 1. The highest BCUT2D eigenvalue weighted by atomic mass is 16.5. The molecule has 0 atom stereocenters. The molecule has 0 unspecified atom stereocenters. The molecule has 0 spiro atoms. The summed E-state index contributed by atoms with van der Waals surface area (Å²) >= 11 is 0. The number of ether oxygens (including phenoxy) is 1. The van der Waals surface area contributed by atoms with Crippen LogP contribution in [-0.2, 0) is 11.2 Å². The first-order valence-corrected chi connectivity index (χ1v) is 7.01. The number of H-pyrrole nitrogens is 1. The molecule has 1 aromatic heterocycles. The summed E-state index contributed by atoms with van der Waals surface area (Å²) in [6.07, 6.45) is 2.30. The topological polar surface area (TPSA) is 79.9 Å². The van der Waals surface area contributed by atoms with Crippen molar-refractivity contribution in [3.05, 3.63) is 36.4 Å². The molecular weight excluding hydrogens is 268 g/mol. The first-order chi connectivity index (χ1) is 10.1. The zero-order chi connectivity index (χ0) is 15.1. The van der Waals surface area contributed by atoms with E-state index in [9.17, 15) is 4.79 Å². The highest BCUT2D eigenvalue weighted by molar-refractivity contribution is 5.92. The molecule has 0 bridgehead atoms. The Bertz CT molecular complexity index is 567. The number of aromatic nitrogens is 3. The molecule has 0 fully saturated rings. The van der Waals surface area contributed by atoms with Crippen molar-refractivity contribution in [2.75, 3.05) is 11.9 Å². The van der Waals surface area contributed by atoms with Crippen LogP contribution in [0.3, 0.4) is 0 Å². The molecule has 0 radical (unpaired) electrons. The molecule has 1 amide bonds. The number of nitrogens with zero attached hydrogens (tertiary/aromatic N) is 2. The number of aromatic amines is 1. The van der Waals surface area contributed by atoms with Crippen LogP contribution >= 0.6 is 0 Å². The maximum Gasteiger partial charge on any atom is 0.224 e. The molecular formula is C15H20N4O2. The SMILES string of the molecule is CC(C)COc1ccccc1NC(=O)CCc1ncn[nH]1. The van der Waals surface area contributed by atoms with Gasteiger partial charge in [0, 0.05) is 12.8 Å². The van der Waals surface area contributed by atoms with Gasteiger partial charge in [-0.05, 0) is 18.1 Å². The van der Waals surface area contributed by atoms with E-state index in [0.29, 0.717) is 42.6 Å². The quantitative estimate of drug-likeness (QED) is 0.820. The van der Waals surface area contributed by atoms with Crippen LogP contribution < -0.4 is 10.1 Å². The van der Waals surface area contributed by atoms with Crippen LogP contribution in [0.2, 0.25) is 0 Å². The fourth-order valence-electron chi connectivity index (χ4n) is 1.75. The molecule has 0 saturated heterocycles. The number of benzene rings is 1. The Hall–Kier alpha value is -2.37. The van der Waals surface area contributed by atoms with Gasteiger partial charge >= 0.3 is 0 Å². The van der Waals surface area contributed by atoms with Gasteiger partial charge in [-0.3, -0.25) is 9.89 Å². The van der Waals surface area contributed by atoms with Gasteiger partial charge in [-0.15, -0.1) is 0 Å². The first-order valence-electron chi connectivity index (χ1n) is 7.01. The van der Waals surface area contributed by atoms with Gasteiger partial charge in [0.05, 0.1) is 12.3 Å². The van der Waals surface area contributed by atoms with E-state index in [1.54, 1.807) is 0 Å². The fraction of sp³-hybridized carbons (Fsp3) is 0.400. The van der Waals surface area contributed by atoms with E-state index in [1.807, 2.05) is 24.3 Å². The summed E-state index contributed by atoms with van der Waals surface area (Å²) in [5.74, 6) is 1.75. The monoisotopic (exact) mass is 288 g/mol. The molecule has 1 aromatic carbocycles. The third-order valence-electron chi connectivity index (χ3n) is 2.79. The standard InChI is InChI=1S/C15H20N4O2/c1-11(2)9-21-13-6-4-3-5-12(13)18-15(20)8-7-14-16-10-17-19-14/h3-6,10-11H,7-9H2,1-2H3,(H,18,20)(H,16,17,19). The predicted octanol–water partition coefficient (Wildman–Crippen LogP) is 2.41. The summed E-state index contributed by atoms with van der Waals surface area (Å²) in [5.41, 5.74) is 0.695. The van der Waals surface area contributed by atoms with Gasteiger partial charge in [0.1, 0.15) is 17.9 Å². The summed E-state index contributed by atoms with van der Waals surface area (Å²) in [6.45, 7) is 4.78. The van der Waals surface area contributed by atoms with Gasteiger partial charge < -0.3 is 10.1 Å². The van der Waals surface area contributed by atoms with E-state index in [0.717, 1.165) is 0 Å². The molecule has 6 heteroatoms. The second-order valence-corrected chi connectivity index (χ2v) is 5.18. The zero-order valence-electron chi connectivity index (χ0n) is 12.3. The highest BCUT2D eigenvalue weighted by Crippen LogP contribution is 2.24. The van der Waals surface area contributed by atoms with Crippen LogP contribution in [0, 0.1) is 5.92 Å². The number of anilines is 1. The van der Waals surface area contributed by atoms with E-state index in [2.05, 4.69) is 34.3 Å². The number of para-hydroxylation sites is 2. The smallest absolute Gasteiger partial charge is 0.224 e. The molecule has 112 valence electrons. The van der Waals surface area contributed by atoms with Crippen LogP contribution in [-0.4, -0.2) is 27.7 Å². The van der Waals surface area contributed by atoms with E-state index in [4.69, 9.17) is 4.74 Å². The van der Waals surface area contributed by atoms with Crippen molar-refractivity contribution in [3.63, 3.8) is 0 Å². The van der Waals surface area contributed by atoms with Crippen LogP contribution in [0.15, 0.2) is 30.6 Å². The van der Waals surface area contributed by atoms with Crippen LogP contribution in [0.25, 0.3) is 0 Å². The lowest BCUT2D eigenvalue weighted by atomic mass is 10.2. The Morgan fingerprint density at radius 1 is 1.38 bits per heavy atom. The molecule has 0 aliphatic rings. The lowest BCUT2D eigenvalue weighted by Crippen LogP contribution is -2.14. The van der Waals surface area contributed by atoms with Crippen molar-refractivity contribution in [3.8, 4) is 5.75 Å². The molecule has 2 N–H and O–H groups in total. The lowest BCUT2D eigenvalue weighted by Gasteiger charge is -2.13. The maximum atomic E-state index is 12.0. The van der Waals surface area contributed by atoms with Crippen molar-refractivity contribution in [1.29, 1.82) is 0 Å². The van der Waals surface area contributed by atoms with Crippen molar-refractivity contribution < 1.29 is 9.53 Å². The summed E-state index contributed by atoms with van der Waals surface area (Å²) < 4.78 is 5.71. The Balaban J connectivity index is 1.90. The van der Waals surface area contributed by atoms with Crippen molar-refractivity contribution in [1.82, 2.24) is 15.2 Å². The average Bonchev–Trinajstić information content (AvgIpc) is 2.97. The van der Waals surface area contributed by atoms with E-state index in [-0.39, 0.29) is 5.91 Å². The number of hydrogen-bond acceptors (Lipinski definition) is 4. The third-order valence-corrected chi connectivity index (χ3v) is 2.79. The first kappa shape index (κ1) is 15.0. The molecule has 2 rings (SSSR count). The molecule has 6 nitrogen and oxygen atoms in total. The van der Waals surface area contributed by atoms with Gasteiger partial charge in [0.15, 0.2) is 0 Å². The van der Waals surface area contributed by atoms with Gasteiger partial charge in [-0.2, -0.15) is 5.10 Å². The summed E-state index contributed by atoms with van der Waals surface area (Å²) in [4.78, 5) is 16.0. The largest absolute Gasteiger partial charge is 0.491 e.